The first-order valence-electron chi connectivity index (χ1n) is 8.83. The van der Waals surface area contributed by atoms with Crippen LogP contribution in [0.25, 0.3) is 0 Å². The van der Waals surface area contributed by atoms with Crippen molar-refractivity contribution in [3.05, 3.63) is 64.1 Å². The van der Waals surface area contributed by atoms with E-state index >= 15 is 0 Å². The standard InChI is InChI=1S/C20H22BrN3O3/c21-17-5-2-4-16(12-17)20(26)22-13-19(25)23-18-6-1-3-15(11-18)14-24-7-9-27-10-8-24/h1-6,11-12H,7-10,13-14H2,(H,22,26)(H,23,25). The molecule has 1 heterocycles. The molecule has 0 aromatic heterocycles. The van der Waals surface area contributed by atoms with E-state index in [0.717, 1.165) is 48.6 Å². The molecule has 142 valence electrons. The Labute approximate surface area is 167 Å². The topological polar surface area (TPSA) is 70.7 Å². The summed E-state index contributed by atoms with van der Waals surface area (Å²) in [6.45, 7) is 4.09. The molecule has 7 heteroatoms. The molecule has 2 amide bonds. The number of nitrogens with zero attached hydrogens (tertiary/aromatic N) is 1. The van der Waals surface area contributed by atoms with Crippen molar-refractivity contribution in [2.24, 2.45) is 0 Å². The van der Waals surface area contributed by atoms with Crippen molar-refractivity contribution in [2.75, 3.05) is 38.2 Å². The Morgan fingerprint density at radius 3 is 2.63 bits per heavy atom. The Morgan fingerprint density at radius 2 is 1.85 bits per heavy atom. The molecule has 1 aliphatic heterocycles. The molecule has 1 saturated heterocycles. The second kappa shape index (κ2) is 9.64. The van der Waals surface area contributed by atoms with Gasteiger partial charge in [-0.25, -0.2) is 0 Å². The second-order valence-electron chi connectivity index (χ2n) is 6.33. The molecule has 0 aliphatic carbocycles. The zero-order valence-corrected chi connectivity index (χ0v) is 16.5. The highest BCUT2D eigenvalue weighted by Crippen LogP contribution is 2.14. The second-order valence-corrected chi connectivity index (χ2v) is 7.25. The number of rotatable bonds is 6. The highest BCUT2D eigenvalue weighted by atomic mass is 79.9. The Balaban J connectivity index is 1.50. The van der Waals surface area contributed by atoms with Gasteiger partial charge in [0.15, 0.2) is 0 Å². The molecule has 0 radical (unpaired) electrons. The molecule has 2 aromatic carbocycles. The van der Waals surface area contributed by atoms with Gasteiger partial charge in [0.25, 0.3) is 5.91 Å². The quantitative estimate of drug-likeness (QED) is 0.737. The minimum atomic E-state index is -0.285. The molecule has 0 spiro atoms. The first-order valence-corrected chi connectivity index (χ1v) is 9.62. The molecule has 3 rings (SSSR count). The lowest BCUT2D eigenvalue weighted by atomic mass is 10.2. The fraction of sp³-hybridized carbons (Fsp3) is 0.300. The predicted octanol–water partition coefficient (Wildman–Crippen LogP) is 2.65. The molecule has 2 aromatic rings. The van der Waals surface area contributed by atoms with E-state index in [4.69, 9.17) is 4.74 Å². The summed E-state index contributed by atoms with van der Waals surface area (Å²) in [4.78, 5) is 26.6. The fourth-order valence-corrected chi connectivity index (χ4v) is 3.26. The summed E-state index contributed by atoms with van der Waals surface area (Å²) in [7, 11) is 0. The van der Waals surface area contributed by atoms with Gasteiger partial charge in [-0.15, -0.1) is 0 Å². The lowest BCUT2D eigenvalue weighted by Crippen LogP contribution is -2.35. The molecule has 0 atom stereocenters. The molecule has 2 N–H and O–H groups in total. The van der Waals surface area contributed by atoms with Crippen LogP contribution in [-0.2, 0) is 16.1 Å². The normalized spacial score (nSPS) is 14.6. The minimum Gasteiger partial charge on any atom is -0.379 e. The minimum absolute atomic E-state index is 0.0843. The van der Waals surface area contributed by atoms with E-state index in [0.29, 0.717) is 5.56 Å². The number of morpholine rings is 1. The van der Waals surface area contributed by atoms with Crippen LogP contribution in [0.15, 0.2) is 53.0 Å². The summed E-state index contributed by atoms with van der Waals surface area (Å²) in [6, 6.07) is 14.8. The van der Waals surface area contributed by atoms with Gasteiger partial charge in [-0.05, 0) is 35.9 Å². The first kappa shape index (κ1) is 19.5. The van der Waals surface area contributed by atoms with E-state index < -0.39 is 0 Å². The highest BCUT2D eigenvalue weighted by molar-refractivity contribution is 9.10. The van der Waals surface area contributed by atoms with Crippen LogP contribution in [0, 0.1) is 0 Å². The Morgan fingerprint density at radius 1 is 1.07 bits per heavy atom. The predicted molar refractivity (Wildman–Crippen MR) is 108 cm³/mol. The van der Waals surface area contributed by atoms with E-state index in [9.17, 15) is 9.59 Å². The smallest absolute Gasteiger partial charge is 0.251 e. The van der Waals surface area contributed by atoms with Crippen LogP contribution in [0.2, 0.25) is 0 Å². The number of hydrogen-bond donors (Lipinski definition) is 2. The van der Waals surface area contributed by atoms with E-state index in [1.807, 2.05) is 30.3 Å². The van der Waals surface area contributed by atoms with E-state index in [1.165, 1.54) is 0 Å². The number of benzene rings is 2. The molecule has 0 bridgehead atoms. The number of carbonyl (C=O) groups excluding carboxylic acids is 2. The number of ether oxygens (including phenoxy) is 1. The average Bonchev–Trinajstić information content (AvgIpc) is 2.67. The van der Waals surface area contributed by atoms with Crippen LogP contribution in [0.3, 0.4) is 0 Å². The lowest BCUT2D eigenvalue weighted by Gasteiger charge is -2.26. The van der Waals surface area contributed by atoms with Crippen molar-refractivity contribution in [2.45, 2.75) is 6.54 Å². The summed E-state index contributed by atoms with van der Waals surface area (Å²) < 4.78 is 6.18. The zero-order chi connectivity index (χ0) is 19.1. The fourth-order valence-electron chi connectivity index (χ4n) is 2.86. The van der Waals surface area contributed by atoms with Crippen molar-refractivity contribution in [1.82, 2.24) is 10.2 Å². The van der Waals surface area contributed by atoms with Crippen LogP contribution < -0.4 is 10.6 Å². The molecule has 0 unspecified atom stereocenters. The molecule has 6 nitrogen and oxygen atoms in total. The van der Waals surface area contributed by atoms with Gasteiger partial charge in [0.05, 0.1) is 19.8 Å². The maximum atomic E-state index is 12.2. The summed E-state index contributed by atoms with van der Waals surface area (Å²) in [5.41, 5.74) is 2.36. The van der Waals surface area contributed by atoms with Gasteiger partial charge in [0, 0.05) is 35.4 Å². The Hall–Kier alpha value is -2.22. The first-order chi connectivity index (χ1) is 13.1. The average molecular weight is 432 g/mol. The molecule has 1 aliphatic rings. The number of halogens is 1. The third kappa shape index (κ3) is 6.16. The molecule has 27 heavy (non-hydrogen) atoms. The van der Waals surface area contributed by atoms with Crippen molar-refractivity contribution in [3.63, 3.8) is 0 Å². The Bertz CT molecular complexity index is 807. The van der Waals surface area contributed by atoms with Gasteiger partial charge >= 0.3 is 0 Å². The summed E-state index contributed by atoms with van der Waals surface area (Å²) in [5, 5.41) is 5.46. The van der Waals surface area contributed by atoms with Crippen LogP contribution in [-0.4, -0.2) is 49.6 Å². The number of hydrogen-bond acceptors (Lipinski definition) is 4. The number of carbonyl (C=O) groups is 2. The zero-order valence-electron chi connectivity index (χ0n) is 14.9. The van der Waals surface area contributed by atoms with Crippen molar-refractivity contribution < 1.29 is 14.3 Å². The van der Waals surface area contributed by atoms with Crippen molar-refractivity contribution in [3.8, 4) is 0 Å². The van der Waals surface area contributed by atoms with Gasteiger partial charge in [-0.1, -0.05) is 34.1 Å². The van der Waals surface area contributed by atoms with Crippen LogP contribution in [0.4, 0.5) is 5.69 Å². The van der Waals surface area contributed by atoms with E-state index in [2.05, 4.69) is 31.5 Å². The SMILES string of the molecule is O=C(CNC(=O)c1cccc(Br)c1)Nc1cccc(CN2CCOCC2)c1. The summed E-state index contributed by atoms with van der Waals surface area (Å²) >= 11 is 3.33. The van der Waals surface area contributed by atoms with Gasteiger partial charge in [-0.2, -0.15) is 0 Å². The van der Waals surface area contributed by atoms with Crippen molar-refractivity contribution >= 4 is 33.4 Å². The van der Waals surface area contributed by atoms with E-state index in [1.54, 1.807) is 18.2 Å². The van der Waals surface area contributed by atoms with Gasteiger partial charge in [0.1, 0.15) is 0 Å². The number of nitrogens with one attached hydrogen (secondary N) is 2. The third-order valence-corrected chi connectivity index (χ3v) is 4.71. The molecular weight excluding hydrogens is 410 g/mol. The highest BCUT2D eigenvalue weighted by Gasteiger charge is 2.12. The van der Waals surface area contributed by atoms with E-state index in [-0.39, 0.29) is 18.4 Å². The maximum absolute atomic E-state index is 12.2. The van der Waals surface area contributed by atoms with Crippen LogP contribution >= 0.6 is 15.9 Å². The number of anilines is 1. The monoisotopic (exact) mass is 431 g/mol. The van der Waals surface area contributed by atoms with Crippen LogP contribution in [0.5, 0.6) is 0 Å². The van der Waals surface area contributed by atoms with Crippen molar-refractivity contribution in [1.29, 1.82) is 0 Å². The van der Waals surface area contributed by atoms with Crippen LogP contribution in [0.1, 0.15) is 15.9 Å². The molecule has 0 saturated carbocycles. The Kier molecular flexibility index (Phi) is 6.98. The summed E-state index contributed by atoms with van der Waals surface area (Å²) in [5.74, 6) is -0.547. The third-order valence-electron chi connectivity index (χ3n) is 4.22. The van der Waals surface area contributed by atoms with Gasteiger partial charge in [0.2, 0.25) is 5.91 Å². The summed E-state index contributed by atoms with van der Waals surface area (Å²) in [6.07, 6.45) is 0. The lowest BCUT2D eigenvalue weighted by molar-refractivity contribution is -0.115. The number of amides is 2. The largest absolute Gasteiger partial charge is 0.379 e. The maximum Gasteiger partial charge on any atom is 0.251 e. The molecule has 1 fully saturated rings. The molecular formula is C20H22BrN3O3. The van der Waals surface area contributed by atoms with Gasteiger partial charge < -0.3 is 15.4 Å². The van der Waals surface area contributed by atoms with Gasteiger partial charge in [-0.3, -0.25) is 14.5 Å².